The monoisotopic (exact) mass is 285 g/mol. The van der Waals surface area contributed by atoms with Crippen molar-refractivity contribution in [1.29, 1.82) is 0 Å². The first kappa shape index (κ1) is 15.4. The van der Waals surface area contributed by atoms with Crippen molar-refractivity contribution in [2.24, 2.45) is 0 Å². The maximum atomic E-state index is 12.2. The third-order valence-electron chi connectivity index (χ3n) is 3.55. The van der Waals surface area contributed by atoms with E-state index in [1.54, 1.807) is 4.90 Å². The van der Waals surface area contributed by atoms with Crippen LogP contribution in [0.2, 0.25) is 0 Å². The Morgan fingerprint density at radius 1 is 1.43 bits per heavy atom. The van der Waals surface area contributed by atoms with Crippen molar-refractivity contribution < 1.29 is 9.53 Å². The van der Waals surface area contributed by atoms with E-state index >= 15 is 0 Å². The highest BCUT2D eigenvalue weighted by Crippen LogP contribution is 2.24. The quantitative estimate of drug-likeness (QED) is 0.778. The lowest BCUT2D eigenvalue weighted by atomic mass is 9.92. The first-order chi connectivity index (χ1) is 9.90. The van der Waals surface area contributed by atoms with Crippen LogP contribution in [0.4, 0.5) is 4.79 Å². The molecular weight excluding hydrogens is 262 g/mol. The summed E-state index contributed by atoms with van der Waals surface area (Å²) in [5.74, 6) is 2.69. The van der Waals surface area contributed by atoms with Gasteiger partial charge in [0.15, 0.2) is 0 Å². The summed E-state index contributed by atoms with van der Waals surface area (Å²) in [6.07, 6.45) is 7.65. The molecule has 0 saturated carbocycles. The molecule has 2 rings (SSSR count). The van der Waals surface area contributed by atoms with Gasteiger partial charge in [0.2, 0.25) is 0 Å². The molecule has 0 saturated heterocycles. The summed E-state index contributed by atoms with van der Waals surface area (Å²) >= 11 is 0. The molecule has 0 fully saturated rings. The van der Waals surface area contributed by atoms with Crippen LogP contribution >= 0.6 is 0 Å². The maximum Gasteiger partial charge on any atom is 0.410 e. The maximum absolute atomic E-state index is 12.2. The van der Waals surface area contributed by atoms with E-state index in [9.17, 15) is 4.79 Å². The van der Waals surface area contributed by atoms with Gasteiger partial charge < -0.3 is 9.64 Å². The van der Waals surface area contributed by atoms with Crippen molar-refractivity contribution in [3.63, 3.8) is 0 Å². The van der Waals surface area contributed by atoms with Crippen LogP contribution in [0.25, 0.3) is 0 Å². The molecule has 3 nitrogen and oxygen atoms in total. The van der Waals surface area contributed by atoms with Gasteiger partial charge in [-0.1, -0.05) is 18.2 Å². The Bertz CT molecular complexity index is 564. The largest absolute Gasteiger partial charge is 0.444 e. The van der Waals surface area contributed by atoms with Crippen molar-refractivity contribution in [1.82, 2.24) is 4.90 Å². The first-order valence-corrected chi connectivity index (χ1v) is 7.42. The number of ether oxygens (including phenoxy) is 1. The highest BCUT2D eigenvalue weighted by molar-refractivity contribution is 5.68. The Hall–Kier alpha value is -1.95. The zero-order valence-corrected chi connectivity index (χ0v) is 13.1. The smallest absolute Gasteiger partial charge is 0.410 e. The third kappa shape index (κ3) is 4.01. The van der Waals surface area contributed by atoms with E-state index < -0.39 is 5.60 Å². The fraction of sp³-hybridized carbons (Fsp3) is 0.500. The fourth-order valence-electron chi connectivity index (χ4n) is 2.61. The number of rotatable bonds is 2. The van der Waals surface area contributed by atoms with Crippen LogP contribution in [-0.2, 0) is 24.1 Å². The van der Waals surface area contributed by atoms with Gasteiger partial charge in [0.05, 0.1) is 0 Å². The fourth-order valence-corrected chi connectivity index (χ4v) is 2.61. The van der Waals surface area contributed by atoms with Gasteiger partial charge in [-0.15, -0.1) is 12.3 Å². The number of fused-ring (bicyclic) bond motifs is 1. The Balaban J connectivity index is 2.11. The molecule has 0 spiro atoms. The van der Waals surface area contributed by atoms with Crippen molar-refractivity contribution in [3.05, 3.63) is 34.9 Å². The minimum absolute atomic E-state index is 0.234. The number of hydrogen-bond donors (Lipinski definition) is 0. The second-order valence-electron chi connectivity index (χ2n) is 6.41. The summed E-state index contributed by atoms with van der Waals surface area (Å²) in [4.78, 5) is 13.9. The van der Waals surface area contributed by atoms with Gasteiger partial charge in [0.25, 0.3) is 0 Å². The minimum Gasteiger partial charge on any atom is -0.444 e. The number of carbonyl (C=O) groups is 1. The Labute approximate surface area is 127 Å². The lowest BCUT2D eigenvalue weighted by Crippen LogP contribution is -2.40. The van der Waals surface area contributed by atoms with Gasteiger partial charge >= 0.3 is 6.09 Å². The molecule has 1 aromatic carbocycles. The average molecular weight is 285 g/mol. The Morgan fingerprint density at radius 2 is 2.19 bits per heavy atom. The van der Waals surface area contributed by atoms with Crippen molar-refractivity contribution in [2.75, 3.05) is 6.54 Å². The van der Waals surface area contributed by atoms with Crippen molar-refractivity contribution in [3.8, 4) is 12.3 Å². The summed E-state index contributed by atoms with van der Waals surface area (Å²) in [6.45, 7) is 6.99. The third-order valence-corrected chi connectivity index (χ3v) is 3.55. The van der Waals surface area contributed by atoms with E-state index in [1.807, 2.05) is 26.8 Å². The van der Waals surface area contributed by atoms with Crippen LogP contribution in [0.1, 0.15) is 43.9 Å². The molecule has 1 aromatic rings. The molecule has 0 bridgehead atoms. The van der Waals surface area contributed by atoms with E-state index in [2.05, 4.69) is 18.1 Å². The van der Waals surface area contributed by atoms with Gasteiger partial charge in [0, 0.05) is 19.5 Å². The summed E-state index contributed by atoms with van der Waals surface area (Å²) in [7, 11) is 0. The highest BCUT2D eigenvalue weighted by Gasteiger charge is 2.26. The van der Waals surface area contributed by atoms with E-state index in [1.165, 1.54) is 16.7 Å². The van der Waals surface area contributed by atoms with Crippen LogP contribution in [0, 0.1) is 12.3 Å². The molecule has 0 radical (unpaired) electrons. The summed E-state index contributed by atoms with van der Waals surface area (Å²) in [6, 6.07) is 6.27. The molecule has 1 aliphatic rings. The second-order valence-corrected chi connectivity index (χ2v) is 6.41. The predicted molar refractivity (Wildman–Crippen MR) is 83.9 cm³/mol. The topological polar surface area (TPSA) is 29.5 Å². The Kier molecular flexibility index (Phi) is 4.57. The number of carbonyl (C=O) groups excluding carboxylic acids is 1. The molecule has 1 amide bonds. The number of terminal acetylenes is 1. The number of nitrogens with zero attached hydrogens (tertiary/aromatic N) is 1. The summed E-state index contributed by atoms with van der Waals surface area (Å²) in [5.41, 5.74) is 3.43. The molecule has 0 unspecified atom stereocenters. The highest BCUT2D eigenvalue weighted by atomic mass is 16.6. The first-order valence-electron chi connectivity index (χ1n) is 7.42. The van der Waals surface area contributed by atoms with Gasteiger partial charge in [-0.25, -0.2) is 4.79 Å². The van der Waals surface area contributed by atoms with Crippen LogP contribution < -0.4 is 0 Å². The molecule has 0 aliphatic carbocycles. The molecule has 3 heteroatoms. The lowest BCUT2D eigenvalue weighted by Gasteiger charge is -2.32. The SMILES string of the molecule is C#CCCc1cccc2c1CCN(C(=O)OC(C)(C)C)C2. The molecule has 0 N–H and O–H groups in total. The second kappa shape index (κ2) is 6.22. The van der Waals surface area contributed by atoms with Gasteiger partial charge in [-0.3, -0.25) is 0 Å². The number of hydrogen-bond acceptors (Lipinski definition) is 2. The van der Waals surface area contributed by atoms with Crippen molar-refractivity contribution in [2.45, 2.75) is 52.2 Å². The Morgan fingerprint density at radius 3 is 2.86 bits per heavy atom. The van der Waals surface area contributed by atoms with Gasteiger partial charge in [-0.2, -0.15) is 0 Å². The van der Waals surface area contributed by atoms with E-state index in [4.69, 9.17) is 11.2 Å². The van der Waals surface area contributed by atoms with Gasteiger partial charge in [-0.05, 0) is 50.3 Å². The zero-order valence-electron chi connectivity index (χ0n) is 13.1. The molecular formula is C18H23NO2. The van der Waals surface area contributed by atoms with E-state index in [0.29, 0.717) is 13.1 Å². The molecule has 0 aromatic heterocycles. The predicted octanol–water partition coefficient (Wildman–Crippen LogP) is 3.55. The number of amides is 1. The number of benzene rings is 1. The number of aryl methyl sites for hydroxylation is 1. The average Bonchev–Trinajstić information content (AvgIpc) is 2.42. The van der Waals surface area contributed by atoms with E-state index in [-0.39, 0.29) is 6.09 Å². The molecule has 0 atom stereocenters. The summed E-state index contributed by atoms with van der Waals surface area (Å²) < 4.78 is 5.45. The van der Waals surface area contributed by atoms with Crippen molar-refractivity contribution >= 4 is 6.09 Å². The molecule has 1 heterocycles. The lowest BCUT2D eigenvalue weighted by molar-refractivity contribution is 0.0223. The standard InChI is InChI=1S/C18H23NO2/c1-5-6-8-14-9-7-10-15-13-19(12-11-16(14)15)17(20)21-18(2,3)4/h1,7,9-10H,6,8,11-13H2,2-4H3. The normalized spacial score (nSPS) is 14.3. The summed E-state index contributed by atoms with van der Waals surface area (Å²) in [5, 5.41) is 0. The van der Waals surface area contributed by atoms with E-state index in [0.717, 1.165) is 19.3 Å². The molecule has 21 heavy (non-hydrogen) atoms. The molecule has 112 valence electrons. The van der Waals surface area contributed by atoms with Crippen LogP contribution in [-0.4, -0.2) is 23.1 Å². The van der Waals surface area contributed by atoms with Crippen LogP contribution in [0.5, 0.6) is 0 Å². The zero-order chi connectivity index (χ0) is 15.5. The minimum atomic E-state index is -0.452. The van der Waals surface area contributed by atoms with Crippen LogP contribution in [0.15, 0.2) is 18.2 Å². The van der Waals surface area contributed by atoms with Gasteiger partial charge in [0.1, 0.15) is 5.60 Å². The van der Waals surface area contributed by atoms with Crippen LogP contribution in [0.3, 0.4) is 0 Å². The molecule has 1 aliphatic heterocycles.